The van der Waals surface area contributed by atoms with E-state index in [1.165, 1.54) is 11.8 Å². The third-order valence-corrected chi connectivity index (χ3v) is 6.52. The lowest BCUT2D eigenvalue weighted by molar-refractivity contribution is -0.121. The zero-order valence-electron chi connectivity index (χ0n) is 19.6. The summed E-state index contributed by atoms with van der Waals surface area (Å²) < 4.78 is 7.14. The highest BCUT2D eigenvalue weighted by Crippen LogP contribution is 2.37. The van der Waals surface area contributed by atoms with E-state index in [4.69, 9.17) is 9.72 Å². The van der Waals surface area contributed by atoms with Crippen molar-refractivity contribution < 1.29 is 9.53 Å². The van der Waals surface area contributed by atoms with Gasteiger partial charge in [0.25, 0.3) is 5.56 Å². The molecule has 3 aromatic carbocycles. The van der Waals surface area contributed by atoms with Gasteiger partial charge < -0.3 is 10.1 Å². The fraction of sp³-hybridized carbons (Fsp3) is 0.222. The van der Waals surface area contributed by atoms with Crippen LogP contribution in [0, 0.1) is 6.92 Å². The van der Waals surface area contributed by atoms with Crippen LogP contribution in [0.2, 0.25) is 0 Å². The fourth-order valence-electron chi connectivity index (χ4n) is 3.74. The number of thioether (sulfide) groups is 1. The van der Waals surface area contributed by atoms with Crippen LogP contribution in [0.3, 0.4) is 0 Å². The number of rotatable bonds is 7. The number of fused-ring (bicyclic) bond motifs is 1. The van der Waals surface area contributed by atoms with Gasteiger partial charge in [-0.1, -0.05) is 60.3 Å². The lowest BCUT2D eigenvalue weighted by Gasteiger charge is -2.21. The van der Waals surface area contributed by atoms with Crippen LogP contribution in [0.15, 0.2) is 82.7 Å². The molecular weight excluding hydrogens is 446 g/mol. The summed E-state index contributed by atoms with van der Waals surface area (Å²) in [6.07, 6.45) is 0. The quantitative estimate of drug-likeness (QED) is 0.300. The number of hydrogen-bond donors (Lipinski definition) is 1. The molecule has 34 heavy (non-hydrogen) atoms. The van der Waals surface area contributed by atoms with Crippen LogP contribution in [0.1, 0.15) is 30.2 Å². The van der Waals surface area contributed by atoms with Crippen LogP contribution < -0.4 is 15.6 Å². The van der Waals surface area contributed by atoms with Gasteiger partial charge in [-0.2, -0.15) is 0 Å². The van der Waals surface area contributed by atoms with E-state index in [1.54, 1.807) is 17.7 Å². The maximum Gasteiger partial charge on any atom is 0.266 e. The number of para-hydroxylation sites is 1. The molecule has 174 valence electrons. The Kier molecular flexibility index (Phi) is 7.03. The average molecular weight is 474 g/mol. The van der Waals surface area contributed by atoms with Gasteiger partial charge in [0.2, 0.25) is 5.91 Å². The molecule has 1 heterocycles. The van der Waals surface area contributed by atoms with Crippen molar-refractivity contribution in [3.8, 4) is 11.4 Å². The zero-order chi connectivity index (χ0) is 24.2. The highest BCUT2D eigenvalue weighted by Gasteiger charge is 2.26. The lowest BCUT2D eigenvalue weighted by Crippen LogP contribution is -2.34. The lowest BCUT2D eigenvalue weighted by atomic mass is 10.1. The predicted molar refractivity (Wildman–Crippen MR) is 137 cm³/mol. The van der Waals surface area contributed by atoms with Gasteiger partial charge in [0.1, 0.15) is 11.0 Å². The molecule has 0 saturated heterocycles. The van der Waals surface area contributed by atoms with Crippen LogP contribution in [-0.2, 0) is 4.79 Å². The summed E-state index contributed by atoms with van der Waals surface area (Å²) >= 11 is 1.25. The molecule has 1 atom stereocenters. The van der Waals surface area contributed by atoms with Gasteiger partial charge in [-0.3, -0.25) is 14.2 Å². The molecule has 1 N–H and O–H groups in total. The fourth-order valence-corrected chi connectivity index (χ4v) is 4.86. The number of ether oxygens (including phenoxy) is 1. The first kappa shape index (κ1) is 23.6. The number of nitrogens with zero attached hydrogens (tertiary/aromatic N) is 2. The monoisotopic (exact) mass is 473 g/mol. The molecule has 0 spiro atoms. The van der Waals surface area contributed by atoms with E-state index in [0.29, 0.717) is 27.5 Å². The minimum atomic E-state index is -0.598. The van der Waals surface area contributed by atoms with Gasteiger partial charge in [-0.05, 0) is 56.2 Å². The van der Waals surface area contributed by atoms with Crippen molar-refractivity contribution >= 4 is 28.6 Å². The van der Waals surface area contributed by atoms with Gasteiger partial charge in [-0.15, -0.1) is 0 Å². The Bertz CT molecular complexity index is 1380. The van der Waals surface area contributed by atoms with E-state index in [0.717, 1.165) is 11.1 Å². The maximum atomic E-state index is 13.7. The topological polar surface area (TPSA) is 73.2 Å². The standard InChI is InChI=1S/C27H27N3O3S/c1-17(2)28-25(31)24(19-10-6-5-7-11-19)34-27-29-21-13-9-8-12-20(21)26(32)30(27)22-16-18(3)14-15-23(22)33-4/h5-17,24H,1-4H3,(H,28,31). The van der Waals surface area contributed by atoms with Crippen molar-refractivity contribution in [2.24, 2.45) is 0 Å². The van der Waals surface area contributed by atoms with Crippen LogP contribution in [0.4, 0.5) is 0 Å². The summed E-state index contributed by atoms with van der Waals surface area (Å²) in [5, 5.41) is 3.32. The predicted octanol–water partition coefficient (Wildman–Crippen LogP) is 5.06. The van der Waals surface area contributed by atoms with Crippen LogP contribution >= 0.6 is 11.8 Å². The second kappa shape index (κ2) is 10.1. The van der Waals surface area contributed by atoms with Crippen molar-refractivity contribution in [3.63, 3.8) is 0 Å². The first-order valence-electron chi connectivity index (χ1n) is 11.1. The molecule has 0 fully saturated rings. The molecule has 1 unspecified atom stereocenters. The first-order chi connectivity index (χ1) is 16.4. The number of methoxy groups -OCH3 is 1. The molecule has 0 aliphatic rings. The van der Waals surface area contributed by atoms with Gasteiger partial charge in [-0.25, -0.2) is 4.98 Å². The minimum Gasteiger partial charge on any atom is -0.495 e. The third kappa shape index (κ3) is 4.84. The zero-order valence-corrected chi connectivity index (χ0v) is 20.4. The van der Waals surface area contributed by atoms with Crippen molar-refractivity contribution in [3.05, 3.63) is 94.3 Å². The Morgan fingerprint density at radius 1 is 1.03 bits per heavy atom. The molecule has 1 amide bonds. The number of aryl methyl sites for hydroxylation is 1. The maximum absolute atomic E-state index is 13.7. The summed E-state index contributed by atoms with van der Waals surface area (Å²) in [5.41, 5.74) is 2.76. The summed E-state index contributed by atoms with van der Waals surface area (Å²) in [6, 6.07) is 22.4. The second-order valence-corrected chi connectivity index (χ2v) is 9.37. The van der Waals surface area contributed by atoms with E-state index in [1.807, 2.05) is 87.5 Å². The number of aromatic nitrogens is 2. The van der Waals surface area contributed by atoms with E-state index in [9.17, 15) is 9.59 Å². The number of benzene rings is 3. The summed E-state index contributed by atoms with van der Waals surface area (Å²) in [5.74, 6) is 0.408. The summed E-state index contributed by atoms with van der Waals surface area (Å²) in [7, 11) is 1.57. The SMILES string of the molecule is COc1ccc(C)cc1-n1c(SC(C(=O)NC(C)C)c2ccccc2)nc2ccccc2c1=O. The molecule has 0 aliphatic carbocycles. The number of nitrogens with one attached hydrogen (secondary N) is 1. The van der Waals surface area contributed by atoms with Crippen LogP contribution in [-0.4, -0.2) is 28.6 Å². The summed E-state index contributed by atoms with van der Waals surface area (Å²) in [4.78, 5) is 31.8. The summed E-state index contributed by atoms with van der Waals surface area (Å²) in [6.45, 7) is 5.80. The molecule has 0 radical (unpaired) electrons. The van der Waals surface area contributed by atoms with E-state index < -0.39 is 5.25 Å². The molecule has 4 rings (SSSR count). The molecule has 0 aliphatic heterocycles. The molecular formula is C27H27N3O3S. The second-order valence-electron chi connectivity index (χ2n) is 8.30. The molecule has 7 heteroatoms. The minimum absolute atomic E-state index is 0.0251. The Labute approximate surface area is 203 Å². The van der Waals surface area contributed by atoms with E-state index in [2.05, 4.69) is 5.32 Å². The molecule has 0 bridgehead atoms. The molecule has 4 aromatic rings. The third-order valence-electron chi connectivity index (χ3n) is 5.31. The first-order valence-corrected chi connectivity index (χ1v) is 12.0. The largest absolute Gasteiger partial charge is 0.495 e. The van der Waals surface area contributed by atoms with Crippen molar-refractivity contribution in [2.45, 2.75) is 37.2 Å². The van der Waals surface area contributed by atoms with Crippen molar-refractivity contribution in [2.75, 3.05) is 7.11 Å². The average Bonchev–Trinajstić information content (AvgIpc) is 2.82. The van der Waals surface area contributed by atoms with Crippen LogP contribution in [0.25, 0.3) is 16.6 Å². The van der Waals surface area contributed by atoms with Gasteiger partial charge in [0.05, 0.1) is 23.7 Å². The van der Waals surface area contributed by atoms with Crippen molar-refractivity contribution in [1.82, 2.24) is 14.9 Å². The molecule has 0 saturated carbocycles. The van der Waals surface area contributed by atoms with E-state index in [-0.39, 0.29) is 17.5 Å². The number of carbonyl (C=O) groups excluding carboxylic acids is 1. The normalized spacial score (nSPS) is 12.0. The highest BCUT2D eigenvalue weighted by molar-refractivity contribution is 8.00. The van der Waals surface area contributed by atoms with Crippen molar-refractivity contribution in [1.29, 1.82) is 0 Å². The Morgan fingerprint density at radius 2 is 1.74 bits per heavy atom. The number of carbonyl (C=O) groups is 1. The number of hydrogen-bond acceptors (Lipinski definition) is 5. The van der Waals surface area contributed by atoms with Gasteiger partial charge >= 0.3 is 0 Å². The molecule has 1 aromatic heterocycles. The Morgan fingerprint density at radius 3 is 2.44 bits per heavy atom. The van der Waals surface area contributed by atoms with E-state index >= 15 is 0 Å². The number of amides is 1. The Balaban J connectivity index is 1.95. The Hall–Kier alpha value is -3.58. The van der Waals surface area contributed by atoms with Gasteiger partial charge in [0, 0.05) is 6.04 Å². The highest BCUT2D eigenvalue weighted by atomic mass is 32.2. The smallest absolute Gasteiger partial charge is 0.266 e. The van der Waals surface area contributed by atoms with Gasteiger partial charge in [0.15, 0.2) is 5.16 Å². The van der Waals surface area contributed by atoms with Crippen LogP contribution in [0.5, 0.6) is 5.75 Å². The molecule has 6 nitrogen and oxygen atoms in total.